The molecule has 0 amide bonds. The molecule has 0 aliphatic carbocycles. The highest BCUT2D eigenvalue weighted by atomic mass is 32.2. The first kappa shape index (κ1) is 14.1. The van der Waals surface area contributed by atoms with Crippen molar-refractivity contribution in [3.05, 3.63) is 0 Å². The smallest absolute Gasteiger partial charge is 0.396 e. The number of aliphatic hydroxyl groups is 1. The monoisotopic (exact) mass is 230 g/mol. The average Bonchev–Trinajstić information content (AvgIpc) is 2.11. The fourth-order valence-electron chi connectivity index (χ4n) is 1.29. The van der Waals surface area contributed by atoms with Gasteiger partial charge in [0.05, 0.1) is 0 Å². The molecule has 0 unspecified atom stereocenters. The summed E-state index contributed by atoms with van der Waals surface area (Å²) in [5.74, 6) is 0.0335. The van der Waals surface area contributed by atoms with E-state index < -0.39 is 5.51 Å². The molecule has 0 bridgehead atoms. The highest BCUT2D eigenvalue weighted by molar-refractivity contribution is 8.00. The zero-order valence-corrected chi connectivity index (χ0v) is 9.34. The highest BCUT2D eigenvalue weighted by Crippen LogP contribution is 2.36. The summed E-state index contributed by atoms with van der Waals surface area (Å²) in [7, 11) is 0. The van der Waals surface area contributed by atoms with Crippen molar-refractivity contribution in [2.75, 3.05) is 12.4 Å². The van der Waals surface area contributed by atoms with Gasteiger partial charge in [0.15, 0.2) is 0 Å². The van der Waals surface area contributed by atoms with E-state index in [1.807, 2.05) is 13.8 Å². The number of halogens is 3. The molecule has 0 fully saturated rings. The van der Waals surface area contributed by atoms with E-state index in [1.54, 1.807) is 0 Å². The summed E-state index contributed by atoms with van der Waals surface area (Å²) in [6.45, 7) is 3.77. The van der Waals surface area contributed by atoms with Crippen LogP contribution >= 0.6 is 11.8 Å². The van der Waals surface area contributed by atoms with Crippen LogP contribution in [0.2, 0.25) is 0 Å². The number of aliphatic hydroxyl groups excluding tert-OH is 1. The van der Waals surface area contributed by atoms with Crippen molar-refractivity contribution in [1.82, 2.24) is 0 Å². The van der Waals surface area contributed by atoms with Crippen LogP contribution in [0.4, 0.5) is 13.2 Å². The van der Waals surface area contributed by atoms with Gasteiger partial charge in [-0.15, -0.1) is 0 Å². The van der Waals surface area contributed by atoms with Crippen molar-refractivity contribution >= 4 is 11.8 Å². The first-order valence-corrected chi connectivity index (χ1v) is 5.69. The second kappa shape index (κ2) is 5.85. The average molecular weight is 230 g/mol. The van der Waals surface area contributed by atoms with E-state index in [0.29, 0.717) is 6.42 Å². The van der Waals surface area contributed by atoms with Crippen molar-refractivity contribution in [1.29, 1.82) is 0 Å². The third kappa shape index (κ3) is 5.10. The largest absolute Gasteiger partial charge is 0.441 e. The Balaban J connectivity index is 3.95. The Hall–Kier alpha value is 0.100. The minimum Gasteiger partial charge on any atom is -0.396 e. The summed E-state index contributed by atoms with van der Waals surface area (Å²) in [5, 5.41) is 9.12. The van der Waals surface area contributed by atoms with Crippen LogP contribution in [0, 0.1) is 5.41 Å². The normalized spacial score (nSPS) is 13.3. The van der Waals surface area contributed by atoms with E-state index in [1.165, 1.54) is 0 Å². The molecule has 0 rings (SSSR count). The fraction of sp³-hybridized carbons (Fsp3) is 1.00. The van der Waals surface area contributed by atoms with Crippen LogP contribution in [-0.2, 0) is 0 Å². The van der Waals surface area contributed by atoms with Gasteiger partial charge in [-0.3, -0.25) is 0 Å². The third-order valence-electron chi connectivity index (χ3n) is 2.73. The van der Waals surface area contributed by atoms with Gasteiger partial charge in [-0.1, -0.05) is 25.6 Å². The zero-order chi connectivity index (χ0) is 11.2. The first-order chi connectivity index (χ1) is 6.39. The molecule has 1 nitrogen and oxygen atoms in total. The van der Waals surface area contributed by atoms with Gasteiger partial charge >= 0.3 is 5.51 Å². The molecule has 0 saturated carbocycles. The maximum Gasteiger partial charge on any atom is 0.441 e. The fourth-order valence-corrected chi connectivity index (χ4v) is 2.06. The lowest BCUT2D eigenvalue weighted by atomic mass is 9.81. The van der Waals surface area contributed by atoms with Gasteiger partial charge in [0, 0.05) is 12.4 Å². The number of thioether (sulfide) groups is 1. The molecule has 0 aromatic rings. The van der Waals surface area contributed by atoms with Crippen LogP contribution in [0.3, 0.4) is 0 Å². The second-order valence-electron chi connectivity index (χ2n) is 3.41. The van der Waals surface area contributed by atoms with E-state index in [4.69, 9.17) is 5.11 Å². The molecular weight excluding hydrogens is 213 g/mol. The van der Waals surface area contributed by atoms with Crippen LogP contribution in [0.1, 0.15) is 33.1 Å². The second-order valence-corrected chi connectivity index (χ2v) is 4.57. The summed E-state index contributed by atoms with van der Waals surface area (Å²) in [4.78, 5) is 0. The van der Waals surface area contributed by atoms with Gasteiger partial charge in [0.25, 0.3) is 0 Å². The van der Waals surface area contributed by atoms with Crippen LogP contribution in [-0.4, -0.2) is 23.0 Å². The number of alkyl halides is 3. The van der Waals surface area contributed by atoms with Gasteiger partial charge in [-0.2, -0.15) is 13.2 Å². The maximum absolute atomic E-state index is 11.8. The van der Waals surface area contributed by atoms with Gasteiger partial charge in [0.2, 0.25) is 0 Å². The maximum atomic E-state index is 11.8. The molecule has 0 atom stereocenters. The Morgan fingerprint density at radius 2 is 1.64 bits per heavy atom. The number of hydrogen-bond donors (Lipinski definition) is 1. The lowest BCUT2D eigenvalue weighted by molar-refractivity contribution is -0.0330. The molecule has 0 heterocycles. The SMILES string of the molecule is CCC(CC)(CO)CCSC(F)(F)F. The van der Waals surface area contributed by atoms with Crippen molar-refractivity contribution in [3.63, 3.8) is 0 Å². The van der Waals surface area contributed by atoms with E-state index in [9.17, 15) is 13.2 Å². The molecule has 1 N–H and O–H groups in total. The molecule has 0 aromatic heterocycles. The summed E-state index contributed by atoms with van der Waals surface area (Å²) in [6.07, 6.45) is 1.86. The van der Waals surface area contributed by atoms with Crippen molar-refractivity contribution < 1.29 is 18.3 Å². The minimum absolute atomic E-state index is 0.00456. The Morgan fingerprint density at radius 1 is 1.14 bits per heavy atom. The molecule has 0 aromatic carbocycles. The molecule has 5 heteroatoms. The van der Waals surface area contributed by atoms with Crippen molar-refractivity contribution in [2.45, 2.75) is 38.6 Å². The lowest BCUT2D eigenvalue weighted by Gasteiger charge is -2.29. The van der Waals surface area contributed by atoms with Gasteiger partial charge < -0.3 is 5.11 Å². The van der Waals surface area contributed by atoms with Gasteiger partial charge in [-0.05, 0) is 24.7 Å². The molecular formula is C9H17F3OS. The van der Waals surface area contributed by atoms with E-state index >= 15 is 0 Å². The molecule has 0 aliphatic rings. The van der Waals surface area contributed by atoms with Gasteiger partial charge in [-0.25, -0.2) is 0 Å². The number of hydrogen-bond acceptors (Lipinski definition) is 2. The Kier molecular flexibility index (Phi) is 5.90. The van der Waals surface area contributed by atoms with Crippen LogP contribution in [0.25, 0.3) is 0 Å². The Bertz CT molecular complexity index is 146. The summed E-state index contributed by atoms with van der Waals surface area (Å²) < 4.78 is 35.5. The summed E-state index contributed by atoms with van der Waals surface area (Å²) in [6, 6.07) is 0. The lowest BCUT2D eigenvalue weighted by Crippen LogP contribution is -2.25. The molecule has 0 aliphatic heterocycles. The van der Waals surface area contributed by atoms with Crippen molar-refractivity contribution in [2.24, 2.45) is 5.41 Å². The number of rotatable bonds is 6. The predicted octanol–water partition coefficient (Wildman–Crippen LogP) is 3.43. The zero-order valence-electron chi connectivity index (χ0n) is 8.52. The third-order valence-corrected chi connectivity index (χ3v) is 3.47. The Labute approximate surface area is 87.1 Å². The topological polar surface area (TPSA) is 20.2 Å². The molecule has 14 heavy (non-hydrogen) atoms. The highest BCUT2D eigenvalue weighted by Gasteiger charge is 2.31. The van der Waals surface area contributed by atoms with Crippen LogP contribution in [0.5, 0.6) is 0 Å². The van der Waals surface area contributed by atoms with E-state index in [-0.39, 0.29) is 29.5 Å². The summed E-state index contributed by atoms with van der Waals surface area (Å²) in [5.41, 5.74) is -4.47. The first-order valence-electron chi connectivity index (χ1n) is 4.70. The van der Waals surface area contributed by atoms with E-state index in [0.717, 1.165) is 12.8 Å². The molecule has 86 valence electrons. The van der Waals surface area contributed by atoms with Crippen molar-refractivity contribution in [3.8, 4) is 0 Å². The van der Waals surface area contributed by atoms with Gasteiger partial charge in [0.1, 0.15) is 0 Å². The Morgan fingerprint density at radius 3 is 1.93 bits per heavy atom. The predicted molar refractivity (Wildman–Crippen MR) is 53.2 cm³/mol. The van der Waals surface area contributed by atoms with Crippen LogP contribution < -0.4 is 0 Å². The molecule has 0 saturated heterocycles. The van der Waals surface area contributed by atoms with E-state index in [2.05, 4.69) is 0 Å². The minimum atomic E-state index is -4.15. The quantitative estimate of drug-likeness (QED) is 0.754. The molecule has 0 spiro atoms. The van der Waals surface area contributed by atoms with Crippen LogP contribution in [0.15, 0.2) is 0 Å². The molecule has 0 radical (unpaired) electrons. The standard InChI is InChI=1S/C9H17F3OS/c1-3-8(4-2,7-13)5-6-14-9(10,11)12/h13H,3-7H2,1-2H3. The summed E-state index contributed by atoms with van der Waals surface area (Å²) >= 11 is -0.00456.